The zero-order chi connectivity index (χ0) is 19.0. The molecule has 9 heteroatoms. The van der Waals surface area contributed by atoms with E-state index < -0.39 is 12.1 Å². The van der Waals surface area contributed by atoms with E-state index in [-0.39, 0.29) is 17.5 Å². The second-order valence-corrected chi connectivity index (χ2v) is 5.09. The molecule has 0 spiro atoms. The van der Waals surface area contributed by atoms with Crippen molar-refractivity contribution < 1.29 is 27.0 Å². The van der Waals surface area contributed by atoms with Gasteiger partial charge in [0.1, 0.15) is 11.6 Å². The summed E-state index contributed by atoms with van der Waals surface area (Å²) < 4.78 is 59.1. The molecule has 0 bridgehead atoms. The Kier molecular flexibility index (Phi) is 6.65. The summed E-state index contributed by atoms with van der Waals surface area (Å²) in [5, 5.41) is 2.57. The minimum absolute atomic E-state index is 0.0497. The number of benzene rings is 2. The smallest absolute Gasteiger partial charge is 0.494 e. The number of ether oxygens (including phenoxy) is 2. The second-order valence-electron chi connectivity index (χ2n) is 5.09. The standard InChI is InChI=1S/C17H17F4N3O2/c18-12-6-8-13(9-7-12)25-11-3-10-23-16(22)24-14-4-1-2-5-15(14)26-17(19,20)21/h1-2,4-9H,3,10-11H2,(H3,22,23,24). The van der Waals surface area contributed by atoms with Crippen molar-refractivity contribution in [2.75, 3.05) is 18.5 Å². The van der Waals surface area contributed by atoms with E-state index in [1.807, 2.05) is 0 Å². The summed E-state index contributed by atoms with van der Waals surface area (Å²) >= 11 is 0. The summed E-state index contributed by atoms with van der Waals surface area (Å²) in [5.41, 5.74) is 5.72. The highest BCUT2D eigenvalue weighted by molar-refractivity contribution is 5.93. The molecule has 0 aliphatic rings. The molecule has 0 saturated carbocycles. The molecule has 2 aromatic carbocycles. The second kappa shape index (κ2) is 8.93. The first-order valence-corrected chi connectivity index (χ1v) is 7.63. The molecule has 0 aliphatic carbocycles. The fourth-order valence-corrected chi connectivity index (χ4v) is 1.95. The van der Waals surface area contributed by atoms with Gasteiger partial charge in [0, 0.05) is 13.0 Å². The van der Waals surface area contributed by atoms with Crippen LogP contribution in [0.3, 0.4) is 0 Å². The Morgan fingerprint density at radius 3 is 2.46 bits per heavy atom. The maximum Gasteiger partial charge on any atom is 0.573 e. The van der Waals surface area contributed by atoms with Gasteiger partial charge in [0.05, 0.1) is 12.3 Å². The number of hydrogen-bond acceptors (Lipinski definition) is 3. The van der Waals surface area contributed by atoms with Crippen molar-refractivity contribution in [3.8, 4) is 11.5 Å². The number of rotatable bonds is 7. The van der Waals surface area contributed by atoms with Crippen molar-refractivity contribution in [3.63, 3.8) is 0 Å². The Hall–Kier alpha value is -2.97. The fraction of sp³-hybridized carbons (Fsp3) is 0.235. The Bertz CT molecular complexity index is 734. The molecule has 0 radical (unpaired) electrons. The molecule has 0 aromatic heterocycles. The van der Waals surface area contributed by atoms with Crippen molar-refractivity contribution in [2.45, 2.75) is 12.8 Å². The number of nitrogens with one attached hydrogen (secondary N) is 1. The van der Waals surface area contributed by atoms with Crippen LogP contribution in [0.25, 0.3) is 0 Å². The summed E-state index contributed by atoms with van der Waals surface area (Å²) in [7, 11) is 0. The Morgan fingerprint density at radius 1 is 1.08 bits per heavy atom. The molecule has 3 N–H and O–H groups in total. The highest BCUT2D eigenvalue weighted by atomic mass is 19.4. The number of hydrogen-bond donors (Lipinski definition) is 2. The van der Waals surface area contributed by atoms with Gasteiger partial charge in [-0.25, -0.2) is 4.39 Å². The minimum Gasteiger partial charge on any atom is -0.494 e. The van der Waals surface area contributed by atoms with Crippen LogP contribution in [0.1, 0.15) is 6.42 Å². The molecule has 0 fully saturated rings. The first-order valence-electron chi connectivity index (χ1n) is 7.63. The van der Waals surface area contributed by atoms with E-state index in [0.29, 0.717) is 25.3 Å². The van der Waals surface area contributed by atoms with Gasteiger partial charge in [-0.1, -0.05) is 12.1 Å². The van der Waals surface area contributed by atoms with Crippen molar-refractivity contribution in [1.29, 1.82) is 0 Å². The molecule has 0 atom stereocenters. The number of nitrogens with two attached hydrogens (primary N) is 1. The molecule has 0 unspecified atom stereocenters. The number of para-hydroxylation sites is 2. The maximum atomic E-state index is 12.8. The van der Waals surface area contributed by atoms with Crippen LogP contribution in [0.2, 0.25) is 0 Å². The van der Waals surface area contributed by atoms with E-state index in [1.165, 1.54) is 48.5 Å². The summed E-state index contributed by atoms with van der Waals surface area (Å²) in [6.45, 7) is 0.624. The molecular formula is C17H17F4N3O2. The Labute approximate surface area is 147 Å². The summed E-state index contributed by atoms with van der Waals surface area (Å²) in [6, 6.07) is 11.1. The first-order chi connectivity index (χ1) is 12.3. The van der Waals surface area contributed by atoms with Gasteiger partial charge in [0.2, 0.25) is 0 Å². The van der Waals surface area contributed by atoms with Gasteiger partial charge >= 0.3 is 6.36 Å². The Morgan fingerprint density at radius 2 is 1.77 bits per heavy atom. The molecule has 0 aliphatic heterocycles. The van der Waals surface area contributed by atoms with Crippen LogP contribution in [0.5, 0.6) is 11.5 Å². The van der Waals surface area contributed by atoms with Gasteiger partial charge in [-0.15, -0.1) is 13.2 Å². The van der Waals surface area contributed by atoms with Crippen LogP contribution in [-0.2, 0) is 0 Å². The maximum absolute atomic E-state index is 12.8. The summed E-state index contributed by atoms with van der Waals surface area (Å²) in [5.74, 6) is -0.280. The number of anilines is 1. The quantitative estimate of drug-likeness (QED) is 0.335. The third-order valence-corrected chi connectivity index (χ3v) is 3.04. The number of alkyl halides is 3. The Balaban J connectivity index is 1.80. The van der Waals surface area contributed by atoms with Gasteiger partial charge in [-0.2, -0.15) is 0 Å². The van der Waals surface area contributed by atoms with Crippen LogP contribution < -0.4 is 20.5 Å². The van der Waals surface area contributed by atoms with Crippen molar-refractivity contribution in [1.82, 2.24) is 0 Å². The number of nitrogens with zero attached hydrogens (tertiary/aromatic N) is 1. The van der Waals surface area contributed by atoms with Crippen molar-refractivity contribution in [2.24, 2.45) is 10.7 Å². The first kappa shape index (κ1) is 19.4. The summed E-state index contributed by atoms with van der Waals surface area (Å²) in [4.78, 5) is 4.01. The zero-order valence-electron chi connectivity index (χ0n) is 13.6. The van der Waals surface area contributed by atoms with Crippen LogP contribution in [0.4, 0.5) is 23.2 Å². The molecule has 5 nitrogen and oxygen atoms in total. The van der Waals surface area contributed by atoms with Crippen LogP contribution in [-0.4, -0.2) is 25.5 Å². The average molecular weight is 371 g/mol. The lowest BCUT2D eigenvalue weighted by Gasteiger charge is -2.14. The van der Waals surface area contributed by atoms with Gasteiger partial charge in [-0.3, -0.25) is 4.99 Å². The van der Waals surface area contributed by atoms with Gasteiger partial charge < -0.3 is 20.5 Å². The largest absolute Gasteiger partial charge is 0.573 e. The lowest BCUT2D eigenvalue weighted by atomic mass is 10.3. The molecule has 0 amide bonds. The van der Waals surface area contributed by atoms with Gasteiger partial charge in [-0.05, 0) is 36.4 Å². The molecule has 140 valence electrons. The predicted octanol–water partition coefficient (Wildman–Crippen LogP) is 3.92. The average Bonchev–Trinajstić information content (AvgIpc) is 2.57. The van der Waals surface area contributed by atoms with Crippen LogP contribution >= 0.6 is 0 Å². The lowest BCUT2D eigenvalue weighted by molar-refractivity contribution is -0.274. The number of halogens is 4. The number of guanidine groups is 1. The lowest BCUT2D eigenvalue weighted by Crippen LogP contribution is -2.24. The zero-order valence-corrected chi connectivity index (χ0v) is 13.6. The topological polar surface area (TPSA) is 68.9 Å². The highest BCUT2D eigenvalue weighted by Crippen LogP contribution is 2.29. The van der Waals surface area contributed by atoms with E-state index in [9.17, 15) is 17.6 Å². The van der Waals surface area contributed by atoms with E-state index in [2.05, 4.69) is 15.0 Å². The minimum atomic E-state index is -4.80. The molecular weight excluding hydrogens is 354 g/mol. The van der Waals surface area contributed by atoms with E-state index in [1.54, 1.807) is 0 Å². The molecule has 2 rings (SSSR count). The molecule has 26 heavy (non-hydrogen) atoms. The third kappa shape index (κ3) is 6.88. The molecule has 0 saturated heterocycles. The fourth-order valence-electron chi connectivity index (χ4n) is 1.95. The monoisotopic (exact) mass is 371 g/mol. The van der Waals surface area contributed by atoms with E-state index in [0.717, 1.165) is 0 Å². The van der Waals surface area contributed by atoms with Gasteiger partial charge in [0.25, 0.3) is 0 Å². The number of aliphatic imine (C=N–C) groups is 1. The highest BCUT2D eigenvalue weighted by Gasteiger charge is 2.32. The molecule has 2 aromatic rings. The SMILES string of the molecule is NC(=NCCCOc1ccc(F)cc1)Nc1ccccc1OC(F)(F)F. The van der Waals surface area contributed by atoms with E-state index >= 15 is 0 Å². The van der Waals surface area contributed by atoms with Crippen LogP contribution in [0.15, 0.2) is 53.5 Å². The van der Waals surface area contributed by atoms with Crippen LogP contribution in [0, 0.1) is 5.82 Å². The predicted molar refractivity (Wildman–Crippen MR) is 89.7 cm³/mol. The molecule has 0 heterocycles. The summed E-state index contributed by atoms with van der Waals surface area (Å²) in [6.07, 6.45) is -4.29. The normalized spacial score (nSPS) is 11.9. The third-order valence-electron chi connectivity index (χ3n) is 3.04. The van der Waals surface area contributed by atoms with Crippen molar-refractivity contribution >= 4 is 11.6 Å². The van der Waals surface area contributed by atoms with Crippen molar-refractivity contribution in [3.05, 3.63) is 54.3 Å². The van der Waals surface area contributed by atoms with Gasteiger partial charge in [0.15, 0.2) is 11.7 Å². The van der Waals surface area contributed by atoms with E-state index in [4.69, 9.17) is 10.5 Å².